The van der Waals surface area contributed by atoms with Crippen LogP contribution in [0.3, 0.4) is 0 Å². The van der Waals surface area contributed by atoms with E-state index in [2.05, 4.69) is 4.99 Å². The molecule has 0 radical (unpaired) electrons. The number of thioether (sulfide) groups is 2. The topological polar surface area (TPSA) is 143 Å². The normalized spacial score (nSPS) is 16.2. The van der Waals surface area contributed by atoms with E-state index in [9.17, 15) is 24.8 Å². The summed E-state index contributed by atoms with van der Waals surface area (Å²) in [7, 11) is 0. The van der Waals surface area contributed by atoms with Crippen molar-refractivity contribution in [2.75, 3.05) is 18.6 Å². The number of nitro benzene ring substituents is 1. The molecule has 0 bridgehead atoms. The fraction of sp³-hybridized carbons (Fsp3) is 0.522. The van der Waals surface area contributed by atoms with Gasteiger partial charge in [-0.2, -0.15) is 0 Å². The van der Waals surface area contributed by atoms with Crippen LogP contribution in [0.5, 0.6) is 0 Å². The molecule has 1 aromatic carbocycles. The molecule has 0 saturated heterocycles. The van der Waals surface area contributed by atoms with Gasteiger partial charge in [0, 0.05) is 34.9 Å². The van der Waals surface area contributed by atoms with Crippen LogP contribution in [0.25, 0.3) is 0 Å². The molecule has 0 fully saturated rings. The Labute approximate surface area is 213 Å². The predicted octanol–water partition coefficient (Wildman–Crippen LogP) is 5.22. The highest BCUT2D eigenvalue weighted by molar-refractivity contribution is 8.13. The zero-order valence-corrected chi connectivity index (χ0v) is 22.1. The lowest BCUT2D eigenvalue weighted by atomic mass is 9.95. The highest BCUT2D eigenvalue weighted by atomic mass is 32.2. The Kier molecular flexibility index (Phi) is 10.2. The van der Waals surface area contributed by atoms with Crippen molar-refractivity contribution in [3.8, 4) is 0 Å². The van der Waals surface area contributed by atoms with Gasteiger partial charge in [0.25, 0.3) is 5.69 Å². The maximum atomic E-state index is 13.3. The number of aliphatic hydroxyl groups excluding tert-OH is 1. The average Bonchev–Trinajstić information content (AvgIpc) is 2.76. The summed E-state index contributed by atoms with van der Waals surface area (Å²) >= 11 is 2.57. The number of unbranched alkanes of at least 4 members (excludes halogenated alkanes) is 2. The first kappa shape index (κ1) is 28.7. The molecule has 2 rings (SSSR count). The molecule has 0 aliphatic carbocycles. The minimum atomic E-state index is -1.30. The second-order valence-electron chi connectivity index (χ2n) is 8.75. The summed E-state index contributed by atoms with van der Waals surface area (Å²) in [5, 5.41) is 30.5. The molecule has 1 aliphatic heterocycles. The lowest BCUT2D eigenvalue weighted by molar-refractivity contribution is -0.385. The van der Waals surface area contributed by atoms with Crippen LogP contribution in [0.4, 0.5) is 10.5 Å². The molecule has 1 atom stereocenters. The molecular formula is C23H31N3O7S2. The summed E-state index contributed by atoms with van der Waals surface area (Å²) in [6, 6.07) is 3.43. The molecule has 12 heteroatoms. The van der Waals surface area contributed by atoms with E-state index in [1.165, 1.54) is 30.8 Å². The fourth-order valence-corrected chi connectivity index (χ4v) is 5.13. The number of amides is 1. The molecule has 192 valence electrons. The highest BCUT2D eigenvalue weighted by Gasteiger charge is 2.39. The third-order valence-electron chi connectivity index (χ3n) is 4.98. The monoisotopic (exact) mass is 525 g/mol. The van der Waals surface area contributed by atoms with E-state index in [0.29, 0.717) is 22.6 Å². The first-order valence-electron chi connectivity index (χ1n) is 11.0. The number of non-ortho nitro benzene ring substituents is 1. The molecule has 1 aliphatic rings. The first-order valence-corrected chi connectivity index (χ1v) is 13.2. The summed E-state index contributed by atoms with van der Waals surface area (Å²) < 4.78 is 5.58. The smallest absolute Gasteiger partial charge is 0.417 e. The van der Waals surface area contributed by atoms with Crippen LogP contribution in [0.1, 0.15) is 58.6 Å². The van der Waals surface area contributed by atoms with E-state index in [4.69, 9.17) is 9.84 Å². The van der Waals surface area contributed by atoms with Crippen LogP contribution in [0.15, 0.2) is 39.4 Å². The minimum absolute atomic E-state index is 0.0164. The van der Waals surface area contributed by atoms with Gasteiger partial charge in [0.15, 0.2) is 5.17 Å². The second kappa shape index (κ2) is 12.4. The maximum Gasteiger partial charge on any atom is 0.417 e. The number of ether oxygens (including phenoxy) is 1. The van der Waals surface area contributed by atoms with Crippen molar-refractivity contribution >= 4 is 46.4 Å². The number of carboxylic acid groups (broad SMARTS) is 1. The SMILES string of the molecule is CSC1=NC(c2cc([N+](=O)[O-])ccc2SCCCCCO)C(C(=O)OC(C)(C)C)=C(C)N1C(=O)O. The van der Waals surface area contributed by atoms with Crippen molar-refractivity contribution in [3.05, 3.63) is 45.1 Å². The zero-order valence-electron chi connectivity index (χ0n) is 20.4. The molecular weight excluding hydrogens is 494 g/mol. The van der Waals surface area contributed by atoms with E-state index < -0.39 is 28.6 Å². The number of carbonyl (C=O) groups excluding carboxylic acids is 1. The molecule has 0 spiro atoms. The Morgan fingerprint density at radius 3 is 2.49 bits per heavy atom. The fourth-order valence-electron chi connectivity index (χ4n) is 3.45. The van der Waals surface area contributed by atoms with Crippen molar-refractivity contribution in [1.82, 2.24) is 4.90 Å². The maximum absolute atomic E-state index is 13.3. The van der Waals surface area contributed by atoms with Gasteiger partial charge in [-0.25, -0.2) is 19.5 Å². The number of carbonyl (C=O) groups is 2. The van der Waals surface area contributed by atoms with Gasteiger partial charge in [-0.3, -0.25) is 10.1 Å². The minimum Gasteiger partial charge on any atom is -0.464 e. The number of amidine groups is 1. The van der Waals surface area contributed by atoms with E-state index in [-0.39, 0.29) is 28.7 Å². The summed E-state index contributed by atoms with van der Waals surface area (Å²) in [5.74, 6) is -0.0388. The number of rotatable bonds is 9. The lowest BCUT2D eigenvalue weighted by Gasteiger charge is -2.32. The number of benzene rings is 1. The molecule has 10 nitrogen and oxygen atoms in total. The van der Waals surface area contributed by atoms with Gasteiger partial charge in [0.05, 0.1) is 10.5 Å². The molecule has 1 heterocycles. The number of hydrogen-bond donors (Lipinski definition) is 2. The Morgan fingerprint density at radius 1 is 1.26 bits per heavy atom. The molecule has 2 N–H and O–H groups in total. The lowest BCUT2D eigenvalue weighted by Crippen LogP contribution is -2.39. The third-order valence-corrected chi connectivity index (χ3v) is 6.81. The number of aliphatic hydroxyl groups is 1. The quantitative estimate of drug-likeness (QED) is 0.146. The van der Waals surface area contributed by atoms with Gasteiger partial charge in [0.2, 0.25) is 0 Å². The van der Waals surface area contributed by atoms with E-state index in [0.717, 1.165) is 29.5 Å². The zero-order chi connectivity index (χ0) is 26.3. The van der Waals surface area contributed by atoms with Crippen LogP contribution in [0.2, 0.25) is 0 Å². The van der Waals surface area contributed by atoms with Crippen molar-refractivity contribution in [2.45, 2.75) is 63.5 Å². The Morgan fingerprint density at radius 2 is 1.94 bits per heavy atom. The van der Waals surface area contributed by atoms with Crippen molar-refractivity contribution < 1.29 is 29.5 Å². The van der Waals surface area contributed by atoms with Crippen molar-refractivity contribution in [2.24, 2.45) is 4.99 Å². The van der Waals surface area contributed by atoms with Crippen LogP contribution < -0.4 is 0 Å². The molecule has 35 heavy (non-hydrogen) atoms. The summed E-state index contributed by atoms with van der Waals surface area (Å²) in [6.07, 6.45) is 2.72. The highest BCUT2D eigenvalue weighted by Crippen LogP contribution is 2.42. The number of allylic oxidation sites excluding steroid dienone is 1. The molecule has 1 aromatic rings. The van der Waals surface area contributed by atoms with Crippen LogP contribution in [-0.4, -0.2) is 61.5 Å². The average molecular weight is 526 g/mol. The molecule has 0 saturated carbocycles. The standard InChI is InChI=1S/C23H31N3O7S2/c1-14-18(20(28)33-23(2,3)4)19(24-21(34-5)25(14)22(29)30)16-13-15(26(31)32)9-10-17(16)35-12-8-6-7-11-27/h9-10,13,19,27H,6-8,11-12H2,1-5H3,(H,29,30). The number of nitro groups is 1. The summed E-state index contributed by atoms with van der Waals surface area (Å²) in [6.45, 7) is 6.72. The van der Waals surface area contributed by atoms with Gasteiger partial charge in [0.1, 0.15) is 11.6 Å². The van der Waals surface area contributed by atoms with Crippen molar-refractivity contribution in [3.63, 3.8) is 0 Å². The number of esters is 1. The van der Waals surface area contributed by atoms with Gasteiger partial charge in [-0.05, 0) is 58.6 Å². The Bertz CT molecular complexity index is 1030. The predicted molar refractivity (Wildman–Crippen MR) is 137 cm³/mol. The Balaban J connectivity index is 2.66. The van der Waals surface area contributed by atoms with E-state index in [1.807, 2.05) is 0 Å². The number of nitrogens with zero attached hydrogens (tertiary/aromatic N) is 3. The van der Waals surface area contributed by atoms with Gasteiger partial charge in [-0.15, -0.1) is 11.8 Å². The van der Waals surface area contributed by atoms with E-state index in [1.54, 1.807) is 33.1 Å². The largest absolute Gasteiger partial charge is 0.464 e. The second-order valence-corrected chi connectivity index (χ2v) is 10.7. The van der Waals surface area contributed by atoms with E-state index >= 15 is 0 Å². The van der Waals surface area contributed by atoms with Gasteiger partial charge in [-0.1, -0.05) is 18.2 Å². The first-order chi connectivity index (χ1) is 16.4. The molecule has 1 unspecified atom stereocenters. The molecule has 0 aromatic heterocycles. The van der Waals surface area contributed by atoms with Gasteiger partial charge >= 0.3 is 12.1 Å². The van der Waals surface area contributed by atoms with Crippen LogP contribution in [0, 0.1) is 10.1 Å². The van der Waals surface area contributed by atoms with Crippen molar-refractivity contribution in [1.29, 1.82) is 0 Å². The van der Waals surface area contributed by atoms with Gasteiger partial charge < -0.3 is 14.9 Å². The number of aliphatic imine (C=N–C) groups is 1. The van der Waals surface area contributed by atoms with Crippen LogP contribution >= 0.6 is 23.5 Å². The molecule has 1 amide bonds. The summed E-state index contributed by atoms with van der Waals surface area (Å²) in [5.41, 5.74) is -0.417. The third kappa shape index (κ3) is 7.45. The number of hydrogen-bond acceptors (Lipinski definition) is 9. The Hall–Kier alpha value is -2.57. The van der Waals surface area contributed by atoms with Crippen LogP contribution in [-0.2, 0) is 9.53 Å². The summed E-state index contributed by atoms with van der Waals surface area (Å²) in [4.78, 5) is 42.5.